The van der Waals surface area contributed by atoms with Crippen LogP contribution in [0.15, 0.2) is 29.8 Å². The summed E-state index contributed by atoms with van der Waals surface area (Å²) in [7, 11) is 3.94. The van der Waals surface area contributed by atoms with E-state index >= 15 is 0 Å². The van der Waals surface area contributed by atoms with Crippen molar-refractivity contribution in [1.29, 1.82) is 0 Å². The van der Waals surface area contributed by atoms with Crippen LogP contribution in [0.3, 0.4) is 0 Å². The van der Waals surface area contributed by atoms with E-state index in [4.69, 9.17) is 9.47 Å². The Kier molecular flexibility index (Phi) is 15.8. The number of unbranched alkanes of at least 4 members (excludes halogenated alkanes) is 10. The van der Waals surface area contributed by atoms with Crippen molar-refractivity contribution in [1.82, 2.24) is 0 Å². The maximum absolute atomic E-state index is 12.7. The molecule has 0 aliphatic carbocycles. The third kappa shape index (κ3) is 13.1. The lowest BCUT2D eigenvalue weighted by Gasteiger charge is -2.12. The second-order valence-electron chi connectivity index (χ2n) is 8.85. The van der Waals surface area contributed by atoms with Gasteiger partial charge in [-0.3, -0.25) is 0 Å². The van der Waals surface area contributed by atoms with E-state index in [0.717, 1.165) is 49.8 Å². The lowest BCUT2D eigenvalue weighted by Crippen LogP contribution is -2.19. The van der Waals surface area contributed by atoms with E-state index in [1.54, 1.807) is 6.08 Å². The largest absolute Gasteiger partial charge is 0.462 e. The summed E-state index contributed by atoms with van der Waals surface area (Å²) < 4.78 is 10.8. The highest BCUT2D eigenvalue weighted by molar-refractivity contribution is 6.17. The summed E-state index contributed by atoms with van der Waals surface area (Å²) in [5.74, 6) is -1.21. The van der Waals surface area contributed by atoms with E-state index in [2.05, 4.69) is 13.8 Å². The second kappa shape index (κ2) is 18.2. The number of benzene rings is 1. The minimum absolute atomic E-state index is 0.0374. The number of anilines is 1. The molecule has 1 aromatic rings. The summed E-state index contributed by atoms with van der Waals surface area (Å²) in [6.45, 7) is 5.03. The van der Waals surface area contributed by atoms with E-state index in [1.165, 1.54) is 38.5 Å². The number of rotatable bonds is 18. The molecule has 0 saturated carbocycles. The van der Waals surface area contributed by atoms with Gasteiger partial charge in [0.15, 0.2) is 0 Å². The summed E-state index contributed by atoms with van der Waals surface area (Å²) in [6, 6.07) is 7.67. The minimum atomic E-state index is -0.604. The standard InChI is InChI=1S/C28H45NO4/c1-5-7-9-11-13-15-21-32-27(30)26(23-24-17-19-25(20-18-24)29(3)4)28(31)33-22-16-14-12-10-8-6-2/h17-20,23H,5-16,21-22H2,1-4H3. The number of esters is 2. The van der Waals surface area contributed by atoms with Gasteiger partial charge in [-0.1, -0.05) is 90.2 Å². The highest BCUT2D eigenvalue weighted by Crippen LogP contribution is 2.17. The molecule has 0 amide bonds. The molecule has 5 heteroatoms. The summed E-state index contributed by atoms with van der Waals surface area (Å²) in [4.78, 5) is 27.4. The van der Waals surface area contributed by atoms with Gasteiger partial charge in [-0.05, 0) is 36.6 Å². The number of carbonyl (C=O) groups is 2. The zero-order chi connectivity index (χ0) is 24.3. The Labute approximate surface area is 201 Å². The summed E-state index contributed by atoms with van der Waals surface area (Å²) in [5, 5.41) is 0. The number of hydrogen-bond donors (Lipinski definition) is 0. The van der Waals surface area contributed by atoms with Crippen molar-refractivity contribution in [3.63, 3.8) is 0 Å². The van der Waals surface area contributed by atoms with Crippen molar-refractivity contribution in [2.75, 3.05) is 32.2 Å². The Morgan fingerprint density at radius 3 is 1.55 bits per heavy atom. The molecule has 0 N–H and O–H groups in total. The van der Waals surface area contributed by atoms with E-state index in [0.29, 0.717) is 13.2 Å². The Morgan fingerprint density at radius 2 is 1.12 bits per heavy atom. The maximum Gasteiger partial charge on any atom is 0.345 e. The molecule has 5 nitrogen and oxygen atoms in total. The van der Waals surface area contributed by atoms with Crippen molar-refractivity contribution in [3.05, 3.63) is 35.4 Å². The maximum atomic E-state index is 12.7. The van der Waals surface area contributed by atoms with Crippen molar-refractivity contribution in [2.24, 2.45) is 0 Å². The highest BCUT2D eigenvalue weighted by atomic mass is 16.6. The van der Waals surface area contributed by atoms with Crippen molar-refractivity contribution >= 4 is 23.7 Å². The molecular formula is C28H45NO4. The van der Waals surface area contributed by atoms with Crippen molar-refractivity contribution < 1.29 is 19.1 Å². The van der Waals surface area contributed by atoms with Crippen LogP contribution >= 0.6 is 0 Å². The van der Waals surface area contributed by atoms with Crippen LogP contribution < -0.4 is 4.90 Å². The van der Waals surface area contributed by atoms with Crippen LogP contribution in [0.4, 0.5) is 5.69 Å². The summed E-state index contributed by atoms with van der Waals surface area (Å²) in [6.07, 6.45) is 14.9. The van der Waals surface area contributed by atoms with Gasteiger partial charge in [-0.25, -0.2) is 9.59 Å². The van der Waals surface area contributed by atoms with Gasteiger partial charge in [0.2, 0.25) is 0 Å². The van der Waals surface area contributed by atoms with Crippen LogP contribution in [0.5, 0.6) is 0 Å². The summed E-state index contributed by atoms with van der Waals surface area (Å²) >= 11 is 0. The van der Waals surface area contributed by atoms with Crippen molar-refractivity contribution in [2.45, 2.75) is 90.9 Å². The third-order valence-electron chi connectivity index (χ3n) is 5.62. The number of carbonyl (C=O) groups excluding carboxylic acids is 2. The minimum Gasteiger partial charge on any atom is -0.462 e. The van der Waals surface area contributed by atoms with E-state index in [-0.39, 0.29) is 5.57 Å². The number of nitrogens with zero attached hydrogens (tertiary/aromatic N) is 1. The van der Waals surface area contributed by atoms with Gasteiger partial charge in [-0.15, -0.1) is 0 Å². The van der Waals surface area contributed by atoms with Crippen molar-refractivity contribution in [3.8, 4) is 0 Å². The first-order valence-corrected chi connectivity index (χ1v) is 12.8. The monoisotopic (exact) mass is 459 g/mol. The van der Waals surface area contributed by atoms with Gasteiger partial charge in [0.25, 0.3) is 0 Å². The van der Waals surface area contributed by atoms with Crippen LogP contribution in [-0.4, -0.2) is 39.2 Å². The first-order chi connectivity index (χ1) is 16.0. The molecule has 0 radical (unpaired) electrons. The van der Waals surface area contributed by atoms with E-state index in [1.807, 2.05) is 43.3 Å². The fourth-order valence-electron chi connectivity index (χ4n) is 3.49. The lowest BCUT2D eigenvalue weighted by atomic mass is 10.1. The third-order valence-corrected chi connectivity index (χ3v) is 5.62. The molecule has 0 bridgehead atoms. The zero-order valence-electron chi connectivity index (χ0n) is 21.4. The lowest BCUT2D eigenvalue weighted by molar-refractivity contribution is -0.147. The van der Waals surface area contributed by atoms with Gasteiger partial charge < -0.3 is 14.4 Å². The molecular weight excluding hydrogens is 414 g/mol. The van der Waals surface area contributed by atoms with Gasteiger partial charge in [0.1, 0.15) is 5.57 Å². The van der Waals surface area contributed by atoms with Gasteiger partial charge in [0, 0.05) is 19.8 Å². The molecule has 0 aromatic heterocycles. The highest BCUT2D eigenvalue weighted by Gasteiger charge is 2.21. The molecule has 0 heterocycles. The Hall–Kier alpha value is -2.30. The Balaban J connectivity index is 2.67. The molecule has 0 saturated heterocycles. The molecule has 0 atom stereocenters. The molecule has 0 spiro atoms. The van der Waals surface area contributed by atoms with Crippen LogP contribution in [0.2, 0.25) is 0 Å². The smallest absolute Gasteiger partial charge is 0.345 e. The van der Waals surface area contributed by atoms with E-state index < -0.39 is 11.9 Å². The molecule has 33 heavy (non-hydrogen) atoms. The Bertz CT molecular complexity index is 662. The normalized spacial score (nSPS) is 10.5. The first-order valence-electron chi connectivity index (χ1n) is 12.8. The van der Waals surface area contributed by atoms with Gasteiger partial charge >= 0.3 is 11.9 Å². The molecule has 0 fully saturated rings. The first kappa shape index (κ1) is 28.7. The van der Waals surface area contributed by atoms with E-state index in [9.17, 15) is 9.59 Å². The summed E-state index contributed by atoms with van der Waals surface area (Å²) in [5.41, 5.74) is 1.78. The van der Waals surface area contributed by atoms with Crippen LogP contribution in [0.25, 0.3) is 6.08 Å². The predicted octanol–water partition coefficient (Wildman–Crippen LogP) is 6.94. The van der Waals surface area contributed by atoms with Crippen LogP contribution in [-0.2, 0) is 19.1 Å². The Morgan fingerprint density at radius 1 is 0.697 bits per heavy atom. The molecule has 1 aromatic carbocycles. The van der Waals surface area contributed by atoms with Crippen LogP contribution in [0, 0.1) is 0 Å². The number of hydrogen-bond acceptors (Lipinski definition) is 5. The molecule has 1 rings (SSSR count). The van der Waals surface area contributed by atoms with Crippen LogP contribution in [0.1, 0.15) is 96.5 Å². The zero-order valence-corrected chi connectivity index (χ0v) is 21.4. The quantitative estimate of drug-likeness (QED) is 0.0782. The fourth-order valence-corrected chi connectivity index (χ4v) is 3.49. The SMILES string of the molecule is CCCCCCCCOC(=O)C(=Cc1ccc(N(C)C)cc1)C(=O)OCCCCCCCC. The predicted molar refractivity (Wildman–Crippen MR) is 137 cm³/mol. The average molecular weight is 460 g/mol. The second-order valence-corrected chi connectivity index (χ2v) is 8.85. The molecule has 0 aliphatic heterocycles. The topological polar surface area (TPSA) is 55.8 Å². The van der Waals surface area contributed by atoms with Gasteiger partial charge in [0.05, 0.1) is 13.2 Å². The molecule has 0 unspecified atom stereocenters. The fraction of sp³-hybridized carbons (Fsp3) is 0.643. The van der Waals surface area contributed by atoms with Gasteiger partial charge in [-0.2, -0.15) is 0 Å². The molecule has 0 aliphatic rings. The average Bonchev–Trinajstić information content (AvgIpc) is 2.81. The number of ether oxygens (including phenoxy) is 2. The molecule has 186 valence electrons.